The summed E-state index contributed by atoms with van der Waals surface area (Å²) in [6.45, 7) is 3.58. The number of aromatic nitrogens is 1. The molecule has 0 spiro atoms. The van der Waals surface area contributed by atoms with Gasteiger partial charge in [-0.1, -0.05) is 6.08 Å². The lowest BCUT2D eigenvalue weighted by atomic mass is 10.2. The molecule has 30 heavy (non-hydrogen) atoms. The van der Waals surface area contributed by atoms with Crippen LogP contribution in [0.15, 0.2) is 41.9 Å². The molecule has 1 aromatic heterocycles. The van der Waals surface area contributed by atoms with E-state index >= 15 is 0 Å². The number of anilines is 1. The topological polar surface area (TPSA) is 104 Å². The van der Waals surface area contributed by atoms with Gasteiger partial charge in [0, 0.05) is 25.9 Å². The van der Waals surface area contributed by atoms with Crippen molar-refractivity contribution in [3.05, 3.63) is 59.9 Å². The normalized spacial score (nSPS) is 12.8. The molecular formula is C18H16F4N4O3S. The Kier molecular flexibility index (Phi) is 6.39. The van der Waals surface area contributed by atoms with Crippen LogP contribution in [0.3, 0.4) is 0 Å². The van der Waals surface area contributed by atoms with Gasteiger partial charge in [0.25, 0.3) is 11.8 Å². The third-order valence-electron chi connectivity index (χ3n) is 4.00. The number of hydrogen-bond acceptors (Lipinski definition) is 4. The summed E-state index contributed by atoms with van der Waals surface area (Å²) in [5, 5.41) is 11.0. The molecule has 0 saturated carbocycles. The average Bonchev–Trinajstić information content (AvgIpc) is 2.95. The SMILES string of the molecule is C=C[C@@H](NS(=O)(=O)c1cn(C)c(C(=O)Nc2ccc(F)c(C#N)c2)c1F)C(C)(F)F. The molecule has 0 aliphatic carbocycles. The zero-order valence-electron chi connectivity index (χ0n) is 15.7. The number of benzene rings is 1. The lowest BCUT2D eigenvalue weighted by Gasteiger charge is -2.20. The first-order chi connectivity index (χ1) is 13.8. The van der Waals surface area contributed by atoms with E-state index < -0.39 is 50.1 Å². The zero-order chi connectivity index (χ0) is 22.9. The van der Waals surface area contributed by atoms with Crippen LogP contribution < -0.4 is 10.0 Å². The summed E-state index contributed by atoms with van der Waals surface area (Å²) in [4.78, 5) is 11.4. The van der Waals surface area contributed by atoms with Gasteiger partial charge in [-0.2, -0.15) is 9.98 Å². The molecule has 1 amide bonds. The highest BCUT2D eigenvalue weighted by molar-refractivity contribution is 7.89. The van der Waals surface area contributed by atoms with Crippen LogP contribution in [0.5, 0.6) is 0 Å². The summed E-state index contributed by atoms with van der Waals surface area (Å²) in [6.07, 6.45) is 1.40. The molecule has 0 fully saturated rings. The van der Waals surface area contributed by atoms with Gasteiger partial charge in [0.2, 0.25) is 10.0 Å². The Labute approximate surface area is 169 Å². The van der Waals surface area contributed by atoms with E-state index in [2.05, 4.69) is 11.9 Å². The molecule has 0 aliphatic heterocycles. The Bertz CT molecular complexity index is 1150. The van der Waals surface area contributed by atoms with Crippen LogP contribution in [-0.2, 0) is 17.1 Å². The number of aryl methyl sites for hydroxylation is 1. The third kappa shape index (κ3) is 4.69. The lowest BCUT2D eigenvalue weighted by Crippen LogP contribution is -2.44. The highest BCUT2D eigenvalue weighted by Gasteiger charge is 2.37. The third-order valence-corrected chi connectivity index (χ3v) is 5.43. The van der Waals surface area contributed by atoms with Crippen LogP contribution in [0, 0.1) is 23.0 Å². The molecule has 0 unspecified atom stereocenters. The Morgan fingerprint density at radius 1 is 1.37 bits per heavy atom. The van der Waals surface area contributed by atoms with Gasteiger partial charge in [-0.25, -0.2) is 26.0 Å². The molecule has 160 valence electrons. The predicted molar refractivity (Wildman–Crippen MR) is 99.4 cm³/mol. The van der Waals surface area contributed by atoms with E-state index in [9.17, 15) is 30.8 Å². The van der Waals surface area contributed by atoms with Gasteiger partial charge in [0.15, 0.2) is 5.82 Å². The molecule has 1 aromatic carbocycles. The highest BCUT2D eigenvalue weighted by Crippen LogP contribution is 2.25. The number of nitriles is 1. The number of alkyl halides is 2. The minimum Gasteiger partial charge on any atom is -0.343 e. The maximum atomic E-state index is 14.8. The van der Waals surface area contributed by atoms with Crippen LogP contribution >= 0.6 is 0 Å². The van der Waals surface area contributed by atoms with Crippen molar-refractivity contribution in [3.8, 4) is 6.07 Å². The number of rotatable bonds is 7. The number of amides is 1. The van der Waals surface area contributed by atoms with Crippen molar-refractivity contribution >= 4 is 21.6 Å². The molecule has 7 nitrogen and oxygen atoms in total. The van der Waals surface area contributed by atoms with Crippen molar-refractivity contribution in [2.45, 2.75) is 23.8 Å². The van der Waals surface area contributed by atoms with E-state index in [4.69, 9.17) is 5.26 Å². The molecule has 0 bridgehead atoms. The molecular weight excluding hydrogens is 428 g/mol. The number of sulfonamides is 1. The van der Waals surface area contributed by atoms with E-state index in [-0.39, 0.29) is 11.3 Å². The van der Waals surface area contributed by atoms with Gasteiger partial charge >= 0.3 is 0 Å². The van der Waals surface area contributed by atoms with Gasteiger partial charge in [-0.3, -0.25) is 4.79 Å². The minimum atomic E-state index is -4.78. The second-order valence-corrected chi connectivity index (χ2v) is 8.00. The van der Waals surface area contributed by atoms with Crippen molar-refractivity contribution in [2.75, 3.05) is 5.32 Å². The summed E-state index contributed by atoms with van der Waals surface area (Å²) in [5.74, 6) is -6.92. The fraction of sp³-hybridized carbons (Fsp3) is 0.222. The number of carbonyl (C=O) groups is 1. The van der Waals surface area contributed by atoms with Crippen molar-refractivity contribution in [1.82, 2.24) is 9.29 Å². The van der Waals surface area contributed by atoms with Crippen LogP contribution in [-0.4, -0.2) is 30.9 Å². The average molecular weight is 444 g/mol. The lowest BCUT2D eigenvalue weighted by molar-refractivity contribution is 0.00427. The van der Waals surface area contributed by atoms with E-state index in [1.54, 1.807) is 10.8 Å². The molecule has 2 rings (SSSR count). The van der Waals surface area contributed by atoms with Gasteiger partial charge in [-0.15, -0.1) is 6.58 Å². The van der Waals surface area contributed by atoms with E-state index in [1.807, 2.05) is 0 Å². The predicted octanol–water partition coefficient (Wildman–Crippen LogP) is 2.92. The summed E-state index contributed by atoms with van der Waals surface area (Å²) >= 11 is 0. The Hall–Kier alpha value is -3.17. The maximum absolute atomic E-state index is 14.8. The van der Waals surface area contributed by atoms with E-state index in [0.29, 0.717) is 13.0 Å². The van der Waals surface area contributed by atoms with Gasteiger partial charge in [0.1, 0.15) is 28.5 Å². The second-order valence-electron chi connectivity index (χ2n) is 6.32. The van der Waals surface area contributed by atoms with Gasteiger partial charge in [-0.05, 0) is 18.2 Å². The summed E-state index contributed by atoms with van der Waals surface area (Å²) < 4.78 is 82.3. The van der Waals surface area contributed by atoms with Crippen LogP contribution in [0.4, 0.5) is 23.2 Å². The number of carbonyl (C=O) groups excluding carboxylic acids is 1. The highest BCUT2D eigenvalue weighted by atomic mass is 32.2. The zero-order valence-corrected chi connectivity index (χ0v) is 16.5. The Morgan fingerprint density at radius 2 is 2.00 bits per heavy atom. The minimum absolute atomic E-state index is 0.0431. The first kappa shape index (κ1) is 23.1. The van der Waals surface area contributed by atoms with Gasteiger partial charge < -0.3 is 9.88 Å². The molecule has 2 aromatic rings. The Balaban J connectivity index is 2.38. The molecule has 2 N–H and O–H groups in total. The van der Waals surface area contributed by atoms with Crippen molar-refractivity contribution in [1.29, 1.82) is 5.26 Å². The van der Waals surface area contributed by atoms with Gasteiger partial charge in [0.05, 0.1) is 5.56 Å². The maximum Gasteiger partial charge on any atom is 0.275 e. The number of nitrogens with one attached hydrogen (secondary N) is 2. The second kappa shape index (κ2) is 8.29. The number of hydrogen-bond donors (Lipinski definition) is 2. The molecule has 1 heterocycles. The van der Waals surface area contributed by atoms with E-state index in [1.165, 1.54) is 7.05 Å². The first-order valence-electron chi connectivity index (χ1n) is 8.20. The molecule has 0 saturated heterocycles. The first-order valence-corrected chi connectivity index (χ1v) is 9.68. The number of nitrogens with zero attached hydrogens (tertiary/aromatic N) is 2. The van der Waals surface area contributed by atoms with E-state index in [0.717, 1.165) is 29.0 Å². The van der Waals surface area contributed by atoms with Crippen molar-refractivity contribution in [3.63, 3.8) is 0 Å². The Morgan fingerprint density at radius 3 is 2.53 bits per heavy atom. The number of halogens is 4. The van der Waals surface area contributed by atoms with Crippen molar-refractivity contribution in [2.24, 2.45) is 7.05 Å². The van der Waals surface area contributed by atoms with Crippen LogP contribution in [0.1, 0.15) is 23.0 Å². The summed E-state index contributed by atoms with van der Waals surface area (Å²) in [7, 11) is -3.61. The largest absolute Gasteiger partial charge is 0.343 e. The quantitative estimate of drug-likeness (QED) is 0.506. The fourth-order valence-corrected chi connectivity index (χ4v) is 3.88. The van der Waals surface area contributed by atoms with Crippen molar-refractivity contribution < 1.29 is 30.8 Å². The fourth-order valence-electron chi connectivity index (χ4n) is 2.48. The molecule has 1 atom stereocenters. The van der Waals surface area contributed by atoms with Crippen LogP contribution in [0.25, 0.3) is 0 Å². The molecule has 0 aliphatic rings. The van der Waals surface area contributed by atoms with Crippen LogP contribution in [0.2, 0.25) is 0 Å². The smallest absolute Gasteiger partial charge is 0.275 e. The standard InChI is InChI=1S/C18H16F4N4O3S/c1-4-14(18(2,21)22)25-30(28,29)13-9-26(3)16(15(13)20)17(27)24-11-5-6-12(19)10(7-11)8-23/h4-7,9,14,25H,1H2,2-3H3,(H,24,27)/t14-/m1/s1. The summed E-state index contributed by atoms with van der Waals surface area (Å²) in [6, 6.07) is 2.59. The molecule has 12 heteroatoms. The summed E-state index contributed by atoms with van der Waals surface area (Å²) in [5.41, 5.74) is -1.14. The molecule has 0 radical (unpaired) electrons. The monoisotopic (exact) mass is 444 g/mol.